The lowest BCUT2D eigenvalue weighted by Crippen LogP contribution is -2.30. The topological polar surface area (TPSA) is 84.9 Å². The van der Waals surface area contributed by atoms with Crippen LogP contribution >= 0.6 is 0 Å². The molecule has 1 amide bonds. The van der Waals surface area contributed by atoms with Crippen molar-refractivity contribution in [3.8, 4) is 11.5 Å². The number of nitrogens with zero attached hydrogens (tertiary/aromatic N) is 1. The van der Waals surface area contributed by atoms with Gasteiger partial charge in [-0.05, 0) is 49.2 Å². The quantitative estimate of drug-likeness (QED) is 0.636. The van der Waals surface area contributed by atoms with Gasteiger partial charge in [-0.15, -0.1) is 0 Å². The summed E-state index contributed by atoms with van der Waals surface area (Å²) in [5.74, 6) is 1.07. The first-order valence-corrected chi connectivity index (χ1v) is 11.1. The fourth-order valence-corrected chi connectivity index (χ4v) is 4.05. The molecule has 8 heteroatoms. The highest BCUT2D eigenvalue weighted by atomic mass is 32.2. The molecule has 2 rings (SSSR count). The predicted octanol–water partition coefficient (Wildman–Crippen LogP) is 3.52. The van der Waals surface area contributed by atoms with E-state index < -0.39 is 10.0 Å². The van der Waals surface area contributed by atoms with Gasteiger partial charge in [0, 0.05) is 24.3 Å². The number of methoxy groups -OCH3 is 2. The second kappa shape index (κ2) is 10.2. The van der Waals surface area contributed by atoms with Gasteiger partial charge in [-0.2, -0.15) is 0 Å². The first kappa shape index (κ1) is 22.5. The summed E-state index contributed by atoms with van der Waals surface area (Å²) < 4.78 is 37.1. The van der Waals surface area contributed by atoms with Crippen molar-refractivity contribution in [2.45, 2.75) is 26.8 Å². The van der Waals surface area contributed by atoms with Crippen LogP contribution in [0.3, 0.4) is 0 Å². The molecule has 2 aromatic rings. The maximum absolute atomic E-state index is 13.0. The van der Waals surface area contributed by atoms with Crippen molar-refractivity contribution in [2.24, 2.45) is 0 Å². The molecule has 0 atom stereocenters. The fraction of sp³-hybridized carbons (Fsp3) is 0.381. The Morgan fingerprint density at radius 2 is 1.76 bits per heavy atom. The summed E-state index contributed by atoms with van der Waals surface area (Å²) in [6, 6.07) is 12.1. The van der Waals surface area contributed by atoms with Crippen molar-refractivity contribution in [1.82, 2.24) is 4.90 Å². The Labute approximate surface area is 172 Å². The van der Waals surface area contributed by atoms with Crippen LogP contribution in [0.2, 0.25) is 0 Å². The lowest BCUT2D eigenvalue weighted by atomic mass is 10.1. The smallest absolute Gasteiger partial charge is 0.254 e. The Morgan fingerprint density at radius 3 is 2.38 bits per heavy atom. The van der Waals surface area contributed by atoms with E-state index in [4.69, 9.17) is 9.47 Å². The summed E-state index contributed by atoms with van der Waals surface area (Å²) in [6.07, 6.45) is 0.517. The summed E-state index contributed by atoms with van der Waals surface area (Å²) >= 11 is 0. The molecular formula is C21H28N2O5S. The van der Waals surface area contributed by atoms with Gasteiger partial charge >= 0.3 is 0 Å². The van der Waals surface area contributed by atoms with Crippen LogP contribution in [-0.2, 0) is 16.6 Å². The molecule has 0 radical (unpaired) electrons. The van der Waals surface area contributed by atoms with Gasteiger partial charge < -0.3 is 14.4 Å². The third-order valence-corrected chi connectivity index (χ3v) is 5.84. The zero-order valence-electron chi connectivity index (χ0n) is 17.3. The molecule has 0 aromatic heterocycles. The number of carbonyl (C=O) groups is 1. The van der Waals surface area contributed by atoms with E-state index in [1.54, 1.807) is 56.4 Å². The average Bonchev–Trinajstić information content (AvgIpc) is 2.71. The van der Waals surface area contributed by atoms with Crippen LogP contribution in [0.5, 0.6) is 11.5 Å². The van der Waals surface area contributed by atoms with E-state index in [9.17, 15) is 13.2 Å². The molecular weight excluding hydrogens is 392 g/mol. The van der Waals surface area contributed by atoms with E-state index in [2.05, 4.69) is 4.72 Å². The molecule has 29 heavy (non-hydrogen) atoms. The van der Waals surface area contributed by atoms with Crippen molar-refractivity contribution in [3.05, 3.63) is 53.6 Å². The Balaban J connectivity index is 2.20. The molecule has 0 saturated heterocycles. The molecule has 0 aliphatic carbocycles. The van der Waals surface area contributed by atoms with Gasteiger partial charge in [-0.25, -0.2) is 8.42 Å². The molecule has 0 aliphatic rings. The zero-order valence-corrected chi connectivity index (χ0v) is 18.1. The minimum atomic E-state index is -3.42. The number of sulfonamides is 1. The van der Waals surface area contributed by atoms with Crippen LogP contribution in [0.15, 0.2) is 42.5 Å². The fourth-order valence-electron chi connectivity index (χ4n) is 2.92. The SMILES string of the molecule is CCCS(=O)(=O)Nc1cccc(C(=O)N(CC)Cc2ccc(OC)c(OC)c2)c1. The van der Waals surface area contributed by atoms with E-state index in [0.717, 1.165) is 5.56 Å². The standard InChI is InChI=1S/C21H28N2O5S/c1-5-12-29(25,26)22-18-9-7-8-17(14-18)21(24)23(6-2)15-16-10-11-19(27-3)20(13-16)28-4/h7-11,13-14,22H,5-6,12,15H2,1-4H3. The van der Waals surface area contributed by atoms with E-state index in [1.807, 2.05) is 19.1 Å². The van der Waals surface area contributed by atoms with Crippen molar-refractivity contribution in [2.75, 3.05) is 31.2 Å². The van der Waals surface area contributed by atoms with Gasteiger partial charge in [0.1, 0.15) is 0 Å². The third kappa shape index (κ3) is 6.12. The average molecular weight is 421 g/mol. The lowest BCUT2D eigenvalue weighted by Gasteiger charge is -2.22. The van der Waals surface area contributed by atoms with Crippen LogP contribution in [-0.4, -0.2) is 45.7 Å². The Bertz CT molecular complexity index is 944. The highest BCUT2D eigenvalue weighted by molar-refractivity contribution is 7.92. The van der Waals surface area contributed by atoms with Crippen molar-refractivity contribution in [1.29, 1.82) is 0 Å². The number of rotatable bonds is 10. The van der Waals surface area contributed by atoms with E-state index in [0.29, 0.717) is 42.3 Å². The number of benzene rings is 2. The predicted molar refractivity (Wildman–Crippen MR) is 114 cm³/mol. The van der Waals surface area contributed by atoms with Crippen LogP contribution in [0.4, 0.5) is 5.69 Å². The Hall–Kier alpha value is -2.74. The monoisotopic (exact) mass is 420 g/mol. The minimum Gasteiger partial charge on any atom is -0.493 e. The molecule has 0 saturated carbocycles. The number of hydrogen-bond acceptors (Lipinski definition) is 5. The molecule has 0 spiro atoms. The summed E-state index contributed by atoms with van der Waals surface area (Å²) in [5.41, 5.74) is 1.70. The highest BCUT2D eigenvalue weighted by Gasteiger charge is 2.17. The summed E-state index contributed by atoms with van der Waals surface area (Å²) in [4.78, 5) is 14.7. The Morgan fingerprint density at radius 1 is 1.03 bits per heavy atom. The summed E-state index contributed by atoms with van der Waals surface area (Å²) in [6.45, 7) is 4.58. The minimum absolute atomic E-state index is 0.0333. The molecule has 0 fully saturated rings. The largest absolute Gasteiger partial charge is 0.493 e. The first-order valence-electron chi connectivity index (χ1n) is 9.44. The molecule has 7 nitrogen and oxygen atoms in total. The van der Waals surface area contributed by atoms with Crippen molar-refractivity contribution < 1.29 is 22.7 Å². The van der Waals surface area contributed by atoms with Gasteiger partial charge in [0.25, 0.3) is 5.91 Å². The Kier molecular flexibility index (Phi) is 7.90. The summed E-state index contributed by atoms with van der Waals surface area (Å²) in [5, 5.41) is 0. The number of anilines is 1. The lowest BCUT2D eigenvalue weighted by molar-refractivity contribution is 0.0752. The molecule has 0 bridgehead atoms. The van der Waals surface area contributed by atoms with Crippen LogP contribution in [0, 0.1) is 0 Å². The zero-order chi connectivity index (χ0) is 21.4. The van der Waals surface area contributed by atoms with Crippen LogP contribution in [0.1, 0.15) is 36.2 Å². The van der Waals surface area contributed by atoms with Crippen molar-refractivity contribution >= 4 is 21.6 Å². The summed E-state index contributed by atoms with van der Waals surface area (Å²) in [7, 11) is -0.281. The van der Waals surface area contributed by atoms with Gasteiger partial charge in [0.15, 0.2) is 11.5 Å². The number of nitrogens with one attached hydrogen (secondary N) is 1. The molecule has 0 aliphatic heterocycles. The van der Waals surface area contributed by atoms with E-state index in [1.165, 1.54) is 0 Å². The highest BCUT2D eigenvalue weighted by Crippen LogP contribution is 2.28. The second-order valence-electron chi connectivity index (χ2n) is 6.51. The molecule has 0 heterocycles. The number of amides is 1. The maximum atomic E-state index is 13.0. The molecule has 158 valence electrons. The van der Waals surface area contributed by atoms with E-state index >= 15 is 0 Å². The van der Waals surface area contributed by atoms with Crippen molar-refractivity contribution in [3.63, 3.8) is 0 Å². The number of carbonyl (C=O) groups excluding carboxylic acids is 1. The normalized spacial score (nSPS) is 11.0. The van der Waals surface area contributed by atoms with Crippen LogP contribution in [0.25, 0.3) is 0 Å². The van der Waals surface area contributed by atoms with Crippen LogP contribution < -0.4 is 14.2 Å². The number of hydrogen-bond donors (Lipinski definition) is 1. The van der Waals surface area contributed by atoms with Gasteiger partial charge in [0.05, 0.1) is 20.0 Å². The second-order valence-corrected chi connectivity index (χ2v) is 8.35. The molecule has 0 unspecified atom stereocenters. The third-order valence-electron chi connectivity index (χ3n) is 4.35. The number of ether oxygens (including phenoxy) is 2. The van der Waals surface area contributed by atoms with Gasteiger partial charge in [-0.3, -0.25) is 9.52 Å². The maximum Gasteiger partial charge on any atom is 0.254 e. The van der Waals surface area contributed by atoms with Gasteiger partial charge in [0.2, 0.25) is 10.0 Å². The van der Waals surface area contributed by atoms with E-state index in [-0.39, 0.29) is 11.7 Å². The molecule has 1 N–H and O–H groups in total. The first-order chi connectivity index (χ1) is 13.8. The molecule has 2 aromatic carbocycles. The van der Waals surface area contributed by atoms with Gasteiger partial charge in [-0.1, -0.05) is 19.1 Å².